The molecule has 2 heteroatoms. The smallest absolute Gasteiger partial charge is 0.131 e. The maximum atomic E-state index is 14.2. The molecule has 128 valence electrons. The Morgan fingerprint density at radius 2 is 1.80 bits per heavy atom. The SMILES string of the molecule is CCC[C@@H]1CCc2c(ccc3c(F)cccc23)[C@H]1c1ccc(Cl)cc1. The third-order valence-electron chi connectivity index (χ3n) is 5.62. The van der Waals surface area contributed by atoms with E-state index in [-0.39, 0.29) is 5.82 Å². The Morgan fingerprint density at radius 1 is 1.00 bits per heavy atom. The van der Waals surface area contributed by atoms with Gasteiger partial charge in [-0.1, -0.05) is 61.3 Å². The van der Waals surface area contributed by atoms with Crippen LogP contribution in [0.1, 0.15) is 48.8 Å². The Bertz CT molecular complexity index is 898. The van der Waals surface area contributed by atoms with Gasteiger partial charge in [0.15, 0.2) is 0 Å². The minimum Gasteiger partial charge on any atom is -0.206 e. The van der Waals surface area contributed by atoms with Crippen LogP contribution in [0.15, 0.2) is 54.6 Å². The summed E-state index contributed by atoms with van der Waals surface area (Å²) in [5.74, 6) is 0.873. The molecule has 0 bridgehead atoms. The summed E-state index contributed by atoms with van der Waals surface area (Å²) in [4.78, 5) is 0. The summed E-state index contributed by atoms with van der Waals surface area (Å²) in [6, 6.07) is 17.8. The van der Waals surface area contributed by atoms with E-state index < -0.39 is 0 Å². The molecule has 0 N–H and O–H groups in total. The first-order valence-electron chi connectivity index (χ1n) is 9.14. The van der Waals surface area contributed by atoms with Crippen LogP contribution in [0.4, 0.5) is 4.39 Å². The molecule has 3 aromatic carbocycles. The summed E-state index contributed by atoms with van der Waals surface area (Å²) in [5, 5.41) is 2.59. The lowest BCUT2D eigenvalue weighted by Gasteiger charge is -2.35. The molecule has 0 unspecified atom stereocenters. The Hall–Kier alpha value is -1.86. The molecule has 0 fully saturated rings. The second-order valence-corrected chi connectivity index (χ2v) is 7.52. The lowest BCUT2D eigenvalue weighted by molar-refractivity contribution is 0.380. The highest BCUT2D eigenvalue weighted by molar-refractivity contribution is 6.30. The molecule has 1 aliphatic rings. The van der Waals surface area contributed by atoms with Gasteiger partial charge in [0.2, 0.25) is 0 Å². The first-order valence-corrected chi connectivity index (χ1v) is 9.52. The average Bonchev–Trinajstić information content (AvgIpc) is 2.63. The Morgan fingerprint density at radius 3 is 2.56 bits per heavy atom. The van der Waals surface area contributed by atoms with Crippen molar-refractivity contribution in [1.82, 2.24) is 0 Å². The number of fused-ring (bicyclic) bond motifs is 3. The molecule has 4 rings (SSSR count). The van der Waals surface area contributed by atoms with Crippen molar-refractivity contribution in [3.63, 3.8) is 0 Å². The van der Waals surface area contributed by atoms with E-state index in [4.69, 9.17) is 11.6 Å². The molecule has 0 amide bonds. The van der Waals surface area contributed by atoms with Crippen LogP contribution >= 0.6 is 11.6 Å². The fourth-order valence-electron chi connectivity index (χ4n) is 4.52. The average molecular weight is 353 g/mol. The summed E-state index contributed by atoms with van der Waals surface area (Å²) in [5.41, 5.74) is 4.01. The Kier molecular flexibility index (Phi) is 4.52. The van der Waals surface area contributed by atoms with E-state index in [0.29, 0.717) is 11.8 Å². The molecule has 0 nitrogen and oxygen atoms in total. The normalized spacial score (nSPS) is 19.8. The second kappa shape index (κ2) is 6.80. The van der Waals surface area contributed by atoms with Crippen molar-refractivity contribution in [3.8, 4) is 0 Å². The fraction of sp³-hybridized carbons (Fsp3) is 0.304. The third kappa shape index (κ3) is 2.95. The lowest BCUT2D eigenvalue weighted by atomic mass is 9.69. The zero-order chi connectivity index (χ0) is 17.4. The monoisotopic (exact) mass is 352 g/mol. The van der Waals surface area contributed by atoms with E-state index in [1.54, 1.807) is 6.07 Å². The fourth-order valence-corrected chi connectivity index (χ4v) is 4.65. The topological polar surface area (TPSA) is 0 Å². The minimum atomic E-state index is -0.126. The molecule has 0 saturated heterocycles. The number of halogens is 2. The minimum absolute atomic E-state index is 0.126. The van der Waals surface area contributed by atoms with E-state index in [0.717, 1.165) is 28.6 Å². The molecular weight excluding hydrogens is 331 g/mol. The maximum absolute atomic E-state index is 14.2. The van der Waals surface area contributed by atoms with Crippen molar-refractivity contribution in [3.05, 3.63) is 82.1 Å². The Balaban J connectivity index is 1.90. The van der Waals surface area contributed by atoms with Crippen LogP contribution in [0.25, 0.3) is 10.8 Å². The van der Waals surface area contributed by atoms with Crippen molar-refractivity contribution >= 4 is 22.4 Å². The molecule has 2 atom stereocenters. The molecule has 0 aliphatic heterocycles. The zero-order valence-corrected chi connectivity index (χ0v) is 15.2. The molecule has 0 saturated carbocycles. The van der Waals surface area contributed by atoms with Gasteiger partial charge in [-0.15, -0.1) is 0 Å². The van der Waals surface area contributed by atoms with Gasteiger partial charge in [-0.3, -0.25) is 0 Å². The van der Waals surface area contributed by atoms with Crippen molar-refractivity contribution in [1.29, 1.82) is 0 Å². The third-order valence-corrected chi connectivity index (χ3v) is 5.87. The van der Waals surface area contributed by atoms with E-state index >= 15 is 0 Å². The number of aryl methyl sites for hydroxylation is 1. The van der Waals surface area contributed by atoms with Gasteiger partial charge in [0.25, 0.3) is 0 Å². The highest BCUT2D eigenvalue weighted by Gasteiger charge is 2.31. The van der Waals surface area contributed by atoms with Crippen LogP contribution in [0.2, 0.25) is 5.02 Å². The van der Waals surface area contributed by atoms with Gasteiger partial charge in [-0.25, -0.2) is 4.39 Å². The van der Waals surface area contributed by atoms with Crippen molar-refractivity contribution in [2.45, 2.75) is 38.5 Å². The van der Waals surface area contributed by atoms with Crippen molar-refractivity contribution in [2.24, 2.45) is 5.92 Å². The van der Waals surface area contributed by atoms with Crippen LogP contribution in [0.5, 0.6) is 0 Å². The number of hydrogen-bond donors (Lipinski definition) is 0. The van der Waals surface area contributed by atoms with E-state index in [9.17, 15) is 4.39 Å². The molecular formula is C23H22ClF. The second-order valence-electron chi connectivity index (χ2n) is 7.08. The van der Waals surface area contributed by atoms with Crippen LogP contribution < -0.4 is 0 Å². The highest BCUT2D eigenvalue weighted by Crippen LogP contribution is 2.45. The van der Waals surface area contributed by atoms with Crippen LogP contribution in [0.3, 0.4) is 0 Å². The first-order chi connectivity index (χ1) is 12.2. The largest absolute Gasteiger partial charge is 0.206 e. The molecule has 3 aromatic rings. The molecule has 0 radical (unpaired) electrons. The number of benzene rings is 3. The van der Waals surface area contributed by atoms with Gasteiger partial charge in [0, 0.05) is 16.3 Å². The van der Waals surface area contributed by atoms with Crippen molar-refractivity contribution in [2.75, 3.05) is 0 Å². The van der Waals surface area contributed by atoms with Crippen LogP contribution in [0, 0.1) is 11.7 Å². The summed E-state index contributed by atoms with van der Waals surface area (Å²) in [6.45, 7) is 2.25. The first kappa shape index (κ1) is 16.6. The van der Waals surface area contributed by atoms with E-state index in [1.807, 2.05) is 24.3 Å². The predicted molar refractivity (Wildman–Crippen MR) is 104 cm³/mol. The van der Waals surface area contributed by atoms with Crippen LogP contribution in [-0.2, 0) is 6.42 Å². The zero-order valence-electron chi connectivity index (χ0n) is 14.4. The van der Waals surface area contributed by atoms with Gasteiger partial charge < -0.3 is 0 Å². The standard InChI is InChI=1S/C23H22ClF/c1-2-4-15-9-12-19-18-5-3-6-22(25)20(18)13-14-21(19)23(15)16-7-10-17(24)11-8-16/h3,5-8,10-11,13-15,23H,2,4,9,12H2,1H3/t15-,23-/m1/s1. The van der Waals surface area contributed by atoms with Crippen molar-refractivity contribution < 1.29 is 4.39 Å². The predicted octanol–water partition coefficient (Wildman–Crippen LogP) is 7.13. The summed E-state index contributed by atoms with van der Waals surface area (Å²) < 4.78 is 14.2. The maximum Gasteiger partial charge on any atom is 0.131 e. The molecule has 0 aromatic heterocycles. The summed E-state index contributed by atoms with van der Waals surface area (Å²) in [7, 11) is 0. The van der Waals surface area contributed by atoms with E-state index in [2.05, 4.69) is 31.2 Å². The van der Waals surface area contributed by atoms with Gasteiger partial charge in [0.05, 0.1) is 0 Å². The lowest BCUT2D eigenvalue weighted by Crippen LogP contribution is -2.22. The van der Waals surface area contributed by atoms with Gasteiger partial charge >= 0.3 is 0 Å². The van der Waals surface area contributed by atoms with Gasteiger partial charge in [-0.05, 0) is 65.5 Å². The summed E-state index contributed by atoms with van der Waals surface area (Å²) in [6.07, 6.45) is 4.59. The number of rotatable bonds is 3. The highest BCUT2D eigenvalue weighted by atomic mass is 35.5. The Labute approximate surface area is 153 Å². The van der Waals surface area contributed by atoms with Crippen LogP contribution in [-0.4, -0.2) is 0 Å². The number of hydrogen-bond acceptors (Lipinski definition) is 0. The molecule has 0 heterocycles. The van der Waals surface area contributed by atoms with E-state index in [1.165, 1.54) is 29.5 Å². The summed E-state index contributed by atoms with van der Waals surface area (Å²) >= 11 is 6.10. The quantitative estimate of drug-likeness (QED) is 0.470. The molecule has 25 heavy (non-hydrogen) atoms. The van der Waals surface area contributed by atoms with Gasteiger partial charge in [-0.2, -0.15) is 0 Å². The van der Waals surface area contributed by atoms with Gasteiger partial charge in [0.1, 0.15) is 5.82 Å². The molecule has 0 spiro atoms. The molecule has 1 aliphatic carbocycles.